The minimum Gasteiger partial charge on any atom is -0.337 e. The number of halogens is 1. The third-order valence-corrected chi connectivity index (χ3v) is 5.40. The van der Waals surface area contributed by atoms with Crippen LogP contribution in [-0.2, 0) is 9.59 Å². The van der Waals surface area contributed by atoms with E-state index < -0.39 is 5.82 Å². The zero-order valence-corrected chi connectivity index (χ0v) is 15.3. The molecule has 1 aromatic carbocycles. The molecule has 2 aliphatic rings. The zero-order valence-electron chi connectivity index (χ0n) is 15.3. The van der Waals surface area contributed by atoms with Gasteiger partial charge in [-0.15, -0.1) is 0 Å². The highest BCUT2D eigenvalue weighted by Crippen LogP contribution is 2.32. The van der Waals surface area contributed by atoms with Gasteiger partial charge in [-0.2, -0.15) is 0 Å². The van der Waals surface area contributed by atoms with Crippen LogP contribution in [0.5, 0.6) is 0 Å². The number of carbonyl (C=O) groups is 2. The third kappa shape index (κ3) is 3.55. The van der Waals surface area contributed by atoms with E-state index in [1.807, 2.05) is 25.7 Å². The van der Waals surface area contributed by atoms with Gasteiger partial charge in [0.25, 0.3) is 0 Å². The molecule has 1 aromatic rings. The Morgan fingerprint density at radius 2 is 1.96 bits per heavy atom. The lowest BCUT2D eigenvalue weighted by Gasteiger charge is -2.34. The highest BCUT2D eigenvalue weighted by atomic mass is 19.1. The van der Waals surface area contributed by atoms with Crippen molar-refractivity contribution >= 4 is 17.5 Å². The quantitative estimate of drug-likeness (QED) is 0.835. The van der Waals surface area contributed by atoms with Gasteiger partial charge in [-0.1, -0.05) is 18.9 Å². The standard InChI is InChI=1S/C20H27FN2O2/c1-13(2)23(16-6-4-5-7-16)20(25)15-11-19(24)22(12-15)18-9-8-14(3)10-17(18)21/h8-10,13,15-16H,4-7,11-12H2,1-3H3. The molecular weight excluding hydrogens is 319 g/mol. The molecule has 0 aromatic heterocycles. The largest absolute Gasteiger partial charge is 0.337 e. The summed E-state index contributed by atoms with van der Waals surface area (Å²) in [6.45, 7) is 6.15. The first-order valence-electron chi connectivity index (χ1n) is 9.27. The van der Waals surface area contributed by atoms with Gasteiger partial charge in [-0.3, -0.25) is 9.59 Å². The average molecular weight is 346 g/mol. The SMILES string of the molecule is Cc1ccc(N2CC(C(=O)N(C(C)C)C3CCCC3)CC2=O)c(F)c1. The van der Waals surface area contributed by atoms with Crippen molar-refractivity contribution in [3.05, 3.63) is 29.6 Å². The number of benzene rings is 1. The number of rotatable bonds is 4. The van der Waals surface area contributed by atoms with Gasteiger partial charge in [0, 0.05) is 25.0 Å². The minimum absolute atomic E-state index is 0.0465. The second-order valence-electron chi connectivity index (χ2n) is 7.64. The third-order valence-electron chi connectivity index (χ3n) is 5.40. The molecule has 4 nitrogen and oxygen atoms in total. The maximum atomic E-state index is 14.2. The number of carbonyl (C=O) groups excluding carboxylic acids is 2. The number of aryl methyl sites for hydroxylation is 1. The van der Waals surface area contributed by atoms with Gasteiger partial charge < -0.3 is 9.80 Å². The van der Waals surface area contributed by atoms with Gasteiger partial charge >= 0.3 is 0 Å². The molecule has 0 bridgehead atoms. The fourth-order valence-corrected chi connectivity index (χ4v) is 4.19. The lowest BCUT2D eigenvalue weighted by molar-refractivity contribution is -0.140. The van der Waals surface area contributed by atoms with Crippen LogP contribution in [0.4, 0.5) is 10.1 Å². The Morgan fingerprint density at radius 3 is 2.56 bits per heavy atom. The number of nitrogens with zero attached hydrogens (tertiary/aromatic N) is 2. The Hall–Kier alpha value is -1.91. The molecule has 1 atom stereocenters. The number of hydrogen-bond acceptors (Lipinski definition) is 2. The van der Waals surface area contributed by atoms with Crippen LogP contribution in [0.25, 0.3) is 0 Å². The minimum atomic E-state index is -0.405. The molecule has 1 saturated carbocycles. The summed E-state index contributed by atoms with van der Waals surface area (Å²) >= 11 is 0. The number of amides is 2. The lowest BCUT2D eigenvalue weighted by Crippen LogP contribution is -2.47. The van der Waals surface area contributed by atoms with Gasteiger partial charge in [0.1, 0.15) is 5.82 Å². The summed E-state index contributed by atoms with van der Waals surface area (Å²) in [7, 11) is 0. The molecular formula is C20H27FN2O2. The van der Waals surface area contributed by atoms with Crippen molar-refractivity contribution in [2.24, 2.45) is 5.92 Å². The molecule has 1 unspecified atom stereocenters. The van der Waals surface area contributed by atoms with E-state index in [0.29, 0.717) is 0 Å². The van der Waals surface area contributed by atoms with Crippen molar-refractivity contribution in [3.8, 4) is 0 Å². The van der Waals surface area contributed by atoms with E-state index in [2.05, 4.69) is 0 Å². The highest BCUT2D eigenvalue weighted by Gasteiger charge is 2.40. The molecule has 0 radical (unpaired) electrons. The Morgan fingerprint density at radius 1 is 1.28 bits per heavy atom. The van der Waals surface area contributed by atoms with Gasteiger partial charge in [-0.05, 0) is 51.3 Å². The van der Waals surface area contributed by atoms with Gasteiger partial charge in [0.05, 0.1) is 11.6 Å². The summed E-state index contributed by atoms with van der Waals surface area (Å²) in [6, 6.07) is 5.26. The molecule has 25 heavy (non-hydrogen) atoms. The van der Waals surface area contributed by atoms with E-state index in [1.165, 1.54) is 11.0 Å². The van der Waals surface area contributed by atoms with Crippen LogP contribution in [0.3, 0.4) is 0 Å². The highest BCUT2D eigenvalue weighted by molar-refractivity contribution is 6.00. The summed E-state index contributed by atoms with van der Waals surface area (Å²) in [4.78, 5) is 28.9. The van der Waals surface area contributed by atoms with Gasteiger partial charge in [-0.25, -0.2) is 4.39 Å². The van der Waals surface area contributed by atoms with Crippen molar-refractivity contribution in [1.82, 2.24) is 4.90 Å². The molecule has 2 amide bonds. The second-order valence-corrected chi connectivity index (χ2v) is 7.64. The summed E-state index contributed by atoms with van der Waals surface area (Å²) in [5, 5.41) is 0. The van der Waals surface area contributed by atoms with Gasteiger partial charge in [0.15, 0.2) is 0 Å². The normalized spacial score (nSPS) is 21.4. The number of hydrogen-bond donors (Lipinski definition) is 0. The first-order valence-corrected chi connectivity index (χ1v) is 9.27. The van der Waals surface area contributed by atoms with Crippen LogP contribution in [0.15, 0.2) is 18.2 Å². The summed E-state index contributed by atoms with van der Waals surface area (Å²) in [5.41, 5.74) is 1.09. The number of anilines is 1. The molecule has 3 rings (SSSR count). The Bertz CT molecular complexity index is 668. The average Bonchev–Trinajstić information content (AvgIpc) is 3.17. The fraction of sp³-hybridized carbons (Fsp3) is 0.600. The predicted octanol–water partition coefficient (Wildman–Crippen LogP) is 3.67. The van der Waals surface area contributed by atoms with Crippen molar-refractivity contribution in [2.75, 3.05) is 11.4 Å². The van der Waals surface area contributed by atoms with E-state index in [1.54, 1.807) is 12.1 Å². The van der Waals surface area contributed by atoms with E-state index in [4.69, 9.17) is 0 Å². The summed E-state index contributed by atoms with van der Waals surface area (Å²) < 4.78 is 14.2. The molecule has 2 fully saturated rings. The van der Waals surface area contributed by atoms with E-state index in [9.17, 15) is 14.0 Å². The Labute approximate surface area is 149 Å². The van der Waals surface area contributed by atoms with Crippen LogP contribution in [0.1, 0.15) is 51.5 Å². The Balaban J connectivity index is 1.77. The van der Waals surface area contributed by atoms with E-state index >= 15 is 0 Å². The molecule has 5 heteroatoms. The van der Waals surface area contributed by atoms with E-state index in [0.717, 1.165) is 31.2 Å². The maximum Gasteiger partial charge on any atom is 0.228 e. The summed E-state index contributed by atoms with van der Waals surface area (Å²) in [6.07, 6.45) is 4.57. The lowest BCUT2D eigenvalue weighted by atomic mass is 10.0. The van der Waals surface area contributed by atoms with Crippen LogP contribution in [-0.4, -0.2) is 35.3 Å². The maximum absolute atomic E-state index is 14.2. The van der Waals surface area contributed by atoms with Crippen LogP contribution in [0.2, 0.25) is 0 Å². The van der Waals surface area contributed by atoms with Crippen LogP contribution < -0.4 is 4.90 Å². The summed E-state index contributed by atoms with van der Waals surface area (Å²) in [5.74, 6) is -0.907. The van der Waals surface area contributed by atoms with Crippen molar-refractivity contribution < 1.29 is 14.0 Å². The van der Waals surface area contributed by atoms with Gasteiger partial charge in [0.2, 0.25) is 11.8 Å². The Kier molecular flexibility index (Phi) is 5.11. The molecule has 1 saturated heterocycles. The molecule has 0 spiro atoms. The van der Waals surface area contributed by atoms with Crippen molar-refractivity contribution in [1.29, 1.82) is 0 Å². The zero-order chi connectivity index (χ0) is 18.1. The molecule has 1 aliphatic heterocycles. The van der Waals surface area contributed by atoms with Crippen molar-refractivity contribution in [3.63, 3.8) is 0 Å². The monoisotopic (exact) mass is 346 g/mol. The predicted molar refractivity (Wildman–Crippen MR) is 95.8 cm³/mol. The molecule has 136 valence electrons. The van der Waals surface area contributed by atoms with Crippen molar-refractivity contribution in [2.45, 2.75) is 65.0 Å². The molecule has 0 N–H and O–H groups in total. The van der Waals surface area contributed by atoms with E-state index in [-0.39, 0.29) is 48.5 Å². The molecule has 1 heterocycles. The fourth-order valence-electron chi connectivity index (χ4n) is 4.19. The smallest absolute Gasteiger partial charge is 0.228 e. The first-order chi connectivity index (χ1) is 11.9. The molecule has 1 aliphatic carbocycles. The van der Waals surface area contributed by atoms with Crippen LogP contribution in [0, 0.1) is 18.7 Å². The topological polar surface area (TPSA) is 40.6 Å². The van der Waals surface area contributed by atoms with Crippen LogP contribution >= 0.6 is 0 Å². The first kappa shape index (κ1) is 17.9. The second kappa shape index (κ2) is 7.14.